The Balaban J connectivity index is 1.73. The molecule has 5 heteroatoms. The Morgan fingerprint density at radius 1 is 1.35 bits per heavy atom. The third-order valence-corrected chi connectivity index (χ3v) is 4.30. The molecule has 1 aliphatic rings. The third kappa shape index (κ3) is 3.79. The van der Waals surface area contributed by atoms with Crippen molar-refractivity contribution in [3.05, 3.63) is 41.5 Å². The van der Waals surface area contributed by atoms with Gasteiger partial charge in [0.2, 0.25) is 5.89 Å². The fraction of sp³-hybridized carbons (Fsp3) is 0.500. The van der Waals surface area contributed by atoms with Gasteiger partial charge in [0.15, 0.2) is 0 Å². The maximum Gasteiger partial charge on any atom is 0.229 e. The molecule has 3 rings (SSSR count). The van der Waals surface area contributed by atoms with Crippen LogP contribution in [0.3, 0.4) is 0 Å². The Bertz CT molecular complexity index is 650. The molecule has 2 aromatic rings. The van der Waals surface area contributed by atoms with Gasteiger partial charge in [-0.05, 0) is 38.4 Å². The van der Waals surface area contributed by atoms with E-state index in [0.29, 0.717) is 24.1 Å². The van der Waals surface area contributed by atoms with E-state index in [1.165, 1.54) is 6.07 Å². The first-order valence-corrected chi connectivity index (χ1v) is 8.22. The fourth-order valence-electron chi connectivity index (χ4n) is 2.92. The number of aromatic nitrogens is 1. The molecule has 4 nitrogen and oxygen atoms in total. The second-order valence-electron chi connectivity index (χ2n) is 5.96. The monoisotopic (exact) mass is 318 g/mol. The van der Waals surface area contributed by atoms with Crippen LogP contribution in [0.15, 0.2) is 28.7 Å². The van der Waals surface area contributed by atoms with Gasteiger partial charge in [-0.25, -0.2) is 9.37 Å². The van der Waals surface area contributed by atoms with Crippen molar-refractivity contribution >= 4 is 0 Å². The van der Waals surface area contributed by atoms with E-state index < -0.39 is 0 Å². The summed E-state index contributed by atoms with van der Waals surface area (Å²) in [7, 11) is 0. The molecule has 0 bridgehead atoms. The maximum absolute atomic E-state index is 13.9. The van der Waals surface area contributed by atoms with Crippen molar-refractivity contribution in [2.75, 3.05) is 19.7 Å². The van der Waals surface area contributed by atoms with Gasteiger partial charge >= 0.3 is 0 Å². The van der Waals surface area contributed by atoms with E-state index in [1.54, 1.807) is 18.2 Å². The highest BCUT2D eigenvalue weighted by molar-refractivity contribution is 5.54. The molecular formula is C18H23FN2O2. The number of rotatable bonds is 6. The summed E-state index contributed by atoms with van der Waals surface area (Å²) in [5.74, 6) is 0.782. The van der Waals surface area contributed by atoms with Crippen molar-refractivity contribution in [1.29, 1.82) is 0 Å². The van der Waals surface area contributed by atoms with Crippen molar-refractivity contribution in [2.24, 2.45) is 0 Å². The molecule has 1 aromatic heterocycles. The van der Waals surface area contributed by atoms with E-state index >= 15 is 0 Å². The number of likely N-dealkylation sites (N-methyl/N-ethyl adjacent to an activating group) is 1. The van der Waals surface area contributed by atoms with Gasteiger partial charge in [0, 0.05) is 19.7 Å². The summed E-state index contributed by atoms with van der Waals surface area (Å²) in [6, 6.07) is 6.56. The fourth-order valence-corrected chi connectivity index (χ4v) is 2.92. The number of nitrogens with zero attached hydrogens (tertiary/aromatic N) is 2. The lowest BCUT2D eigenvalue weighted by molar-refractivity contribution is 0.0720. The molecule has 1 unspecified atom stereocenters. The zero-order chi connectivity index (χ0) is 16.2. The van der Waals surface area contributed by atoms with E-state index in [9.17, 15) is 4.39 Å². The smallest absolute Gasteiger partial charge is 0.229 e. The van der Waals surface area contributed by atoms with Gasteiger partial charge < -0.3 is 9.15 Å². The van der Waals surface area contributed by atoms with Crippen molar-refractivity contribution < 1.29 is 13.5 Å². The van der Waals surface area contributed by atoms with Gasteiger partial charge in [-0.2, -0.15) is 0 Å². The molecule has 124 valence electrons. The minimum Gasteiger partial charge on any atom is -0.441 e. The first kappa shape index (κ1) is 16.1. The van der Waals surface area contributed by atoms with E-state index in [2.05, 4.69) is 16.8 Å². The minimum atomic E-state index is -0.313. The first-order chi connectivity index (χ1) is 11.2. The normalized spacial score (nSPS) is 18.0. The molecule has 1 aliphatic heterocycles. The quantitative estimate of drug-likeness (QED) is 0.812. The van der Waals surface area contributed by atoms with E-state index in [-0.39, 0.29) is 5.82 Å². The molecule has 0 aliphatic carbocycles. The van der Waals surface area contributed by atoms with Crippen LogP contribution in [0.2, 0.25) is 0 Å². The van der Waals surface area contributed by atoms with Crippen LogP contribution in [0.25, 0.3) is 11.5 Å². The highest BCUT2D eigenvalue weighted by Crippen LogP contribution is 2.25. The van der Waals surface area contributed by atoms with E-state index in [4.69, 9.17) is 9.15 Å². The van der Waals surface area contributed by atoms with Crippen LogP contribution in [0, 0.1) is 12.7 Å². The molecule has 0 amide bonds. The Hall–Kier alpha value is -1.72. The Kier molecular flexibility index (Phi) is 5.08. The van der Waals surface area contributed by atoms with Gasteiger partial charge in [0.1, 0.15) is 11.6 Å². The highest BCUT2D eigenvalue weighted by atomic mass is 19.1. The average Bonchev–Trinajstić information content (AvgIpc) is 3.17. The summed E-state index contributed by atoms with van der Waals surface area (Å²) in [4.78, 5) is 6.81. The highest BCUT2D eigenvalue weighted by Gasteiger charge is 2.21. The van der Waals surface area contributed by atoms with Gasteiger partial charge in [0.25, 0.3) is 0 Å². The van der Waals surface area contributed by atoms with Crippen LogP contribution in [-0.4, -0.2) is 35.7 Å². The topological polar surface area (TPSA) is 38.5 Å². The van der Waals surface area contributed by atoms with Crippen LogP contribution in [0.1, 0.15) is 31.2 Å². The zero-order valence-corrected chi connectivity index (χ0v) is 13.7. The molecular weight excluding hydrogens is 295 g/mol. The van der Waals surface area contributed by atoms with Crippen molar-refractivity contribution in [3.63, 3.8) is 0 Å². The predicted molar refractivity (Wildman–Crippen MR) is 86.6 cm³/mol. The largest absolute Gasteiger partial charge is 0.441 e. The summed E-state index contributed by atoms with van der Waals surface area (Å²) in [6.07, 6.45) is 2.57. The molecule has 2 heterocycles. The molecule has 23 heavy (non-hydrogen) atoms. The summed E-state index contributed by atoms with van der Waals surface area (Å²) >= 11 is 0. The molecule has 0 spiro atoms. The number of halogens is 1. The van der Waals surface area contributed by atoms with Crippen LogP contribution < -0.4 is 0 Å². The van der Waals surface area contributed by atoms with Crippen LogP contribution >= 0.6 is 0 Å². The summed E-state index contributed by atoms with van der Waals surface area (Å²) in [5, 5.41) is 0. The van der Waals surface area contributed by atoms with Crippen molar-refractivity contribution in [3.8, 4) is 11.5 Å². The van der Waals surface area contributed by atoms with E-state index in [0.717, 1.165) is 44.0 Å². The van der Waals surface area contributed by atoms with Crippen molar-refractivity contribution in [2.45, 2.75) is 39.3 Å². The number of ether oxygens (including phenoxy) is 1. The summed E-state index contributed by atoms with van der Waals surface area (Å²) in [6.45, 7) is 7.39. The van der Waals surface area contributed by atoms with Crippen LogP contribution in [0.4, 0.5) is 4.39 Å². The van der Waals surface area contributed by atoms with Gasteiger partial charge in [-0.3, -0.25) is 4.90 Å². The Morgan fingerprint density at radius 2 is 2.17 bits per heavy atom. The number of aryl methyl sites for hydroxylation is 1. The lowest BCUT2D eigenvalue weighted by Gasteiger charge is -2.22. The molecule has 0 N–H and O–H groups in total. The van der Waals surface area contributed by atoms with Crippen LogP contribution in [0.5, 0.6) is 0 Å². The minimum absolute atomic E-state index is 0.313. The van der Waals surface area contributed by atoms with Crippen LogP contribution in [-0.2, 0) is 11.3 Å². The predicted octanol–water partition coefficient (Wildman–Crippen LogP) is 3.79. The lowest BCUT2D eigenvalue weighted by Crippen LogP contribution is -2.31. The lowest BCUT2D eigenvalue weighted by atomic mass is 10.2. The maximum atomic E-state index is 13.9. The Labute approximate surface area is 136 Å². The van der Waals surface area contributed by atoms with Gasteiger partial charge in [-0.1, -0.05) is 19.1 Å². The van der Waals surface area contributed by atoms with Gasteiger partial charge in [0.05, 0.1) is 17.4 Å². The SMILES string of the molecule is CCN(Cc1nc(-c2ccccc2F)oc1C)CC1CCCO1. The first-order valence-electron chi connectivity index (χ1n) is 8.22. The molecule has 1 aromatic carbocycles. The molecule has 1 atom stereocenters. The number of hydrogen-bond acceptors (Lipinski definition) is 4. The number of hydrogen-bond donors (Lipinski definition) is 0. The second kappa shape index (κ2) is 7.23. The molecule has 1 saturated heterocycles. The molecule has 0 radical (unpaired) electrons. The van der Waals surface area contributed by atoms with E-state index in [1.807, 2.05) is 6.92 Å². The summed E-state index contributed by atoms with van der Waals surface area (Å²) < 4.78 is 25.3. The summed E-state index contributed by atoms with van der Waals surface area (Å²) in [5.41, 5.74) is 1.27. The zero-order valence-electron chi connectivity index (χ0n) is 13.7. The third-order valence-electron chi connectivity index (χ3n) is 4.30. The molecule has 0 saturated carbocycles. The standard InChI is InChI=1S/C18H23FN2O2/c1-3-21(11-14-7-6-10-22-14)12-17-13(2)23-18(20-17)15-8-4-5-9-16(15)19/h4-5,8-9,14H,3,6-7,10-12H2,1-2H3. The molecule has 1 fully saturated rings. The number of oxazole rings is 1. The number of benzene rings is 1. The second-order valence-corrected chi connectivity index (χ2v) is 5.96. The Morgan fingerprint density at radius 3 is 2.87 bits per heavy atom. The average molecular weight is 318 g/mol. The van der Waals surface area contributed by atoms with Crippen molar-refractivity contribution in [1.82, 2.24) is 9.88 Å². The van der Waals surface area contributed by atoms with Gasteiger partial charge in [-0.15, -0.1) is 0 Å².